The van der Waals surface area contributed by atoms with Crippen molar-refractivity contribution in [2.75, 3.05) is 0 Å². The van der Waals surface area contributed by atoms with Crippen LogP contribution in [0.25, 0.3) is 16.9 Å². The minimum Gasteiger partial charge on any atom is -0.290 e. The lowest BCUT2D eigenvalue weighted by atomic mass is 10.1. The van der Waals surface area contributed by atoms with E-state index in [9.17, 15) is 15.4 Å². The summed E-state index contributed by atoms with van der Waals surface area (Å²) in [5, 5.41) is 20.3. The molecule has 0 amide bonds. The summed E-state index contributed by atoms with van der Waals surface area (Å²) in [6.45, 7) is 1.92. The molecule has 6 nitrogen and oxygen atoms in total. The summed E-state index contributed by atoms with van der Waals surface area (Å²) in [6.07, 6.45) is 1.82. The highest BCUT2D eigenvalue weighted by Gasteiger charge is 2.16. The Hall–Kier alpha value is -3.20. The topological polar surface area (TPSA) is 84.2 Å². The van der Waals surface area contributed by atoms with Gasteiger partial charge in [-0.05, 0) is 18.6 Å². The van der Waals surface area contributed by atoms with Crippen molar-refractivity contribution < 1.29 is 4.92 Å². The minimum absolute atomic E-state index is 0.0235. The van der Waals surface area contributed by atoms with Gasteiger partial charge in [0.2, 0.25) is 0 Å². The molecule has 0 bridgehead atoms. The normalized spacial score (nSPS) is 10.5. The lowest BCUT2D eigenvalue weighted by Gasteiger charge is -1.98. The van der Waals surface area contributed by atoms with E-state index < -0.39 is 4.92 Å². The number of imidazole rings is 1. The molecule has 2 heterocycles. The Morgan fingerprint density at radius 3 is 2.86 bits per heavy atom. The van der Waals surface area contributed by atoms with Gasteiger partial charge in [0.1, 0.15) is 17.4 Å². The van der Waals surface area contributed by atoms with Gasteiger partial charge in [0, 0.05) is 23.9 Å². The molecule has 0 unspecified atom stereocenters. The third kappa shape index (κ3) is 2.11. The molecule has 0 spiro atoms. The van der Waals surface area contributed by atoms with Gasteiger partial charge in [0.05, 0.1) is 4.92 Å². The predicted octanol–water partition coefficient (Wildman–Crippen LogP) is 3.09. The number of fused-ring (bicyclic) bond motifs is 1. The molecule has 0 aliphatic rings. The van der Waals surface area contributed by atoms with Crippen LogP contribution in [0.5, 0.6) is 0 Å². The maximum atomic E-state index is 10.9. The van der Waals surface area contributed by atoms with Gasteiger partial charge >= 0.3 is 0 Å². The number of hydrogen-bond acceptors (Lipinski definition) is 4. The molecule has 102 valence electrons. The molecular weight excluding hydrogens is 268 g/mol. The maximum Gasteiger partial charge on any atom is 0.270 e. The molecule has 2 aromatic heterocycles. The van der Waals surface area contributed by atoms with E-state index in [2.05, 4.69) is 11.1 Å². The van der Waals surface area contributed by atoms with Crippen LogP contribution >= 0.6 is 0 Å². The number of nitrogens with zero attached hydrogens (tertiary/aromatic N) is 4. The van der Waals surface area contributed by atoms with Crippen molar-refractivity contribution in [3.8, 4) is 17.3 Å². The Morgan fingerprint density at radius 2 is 2.14 bits per heavy atom. The van der Waals surface area contributed by atoms with Crippen LogP contribution in [-0.2, 0) is 0 Å². The summed E-state index contributed by atoms with van der Waals surface area (Å²) in [4.78, 5) is 14.8. The monoisotopic (exact) mass is 278 g/mol. The number of aryl methyl sites for hydroxylation is 1. The molecule has 3 aromatic rings. The van der Waals surface area contributed by atoms with Crippen molar-refractivity contribution in [3.05, 3.63) is 64.0 Å². The quantitative estimate of drug-likeness (QED) is 0.532. The molecule has 0 aliphatic heterocycles. The molecule has 6 heteroatoms. The van der Waals surface area contributed by atoms with Crippen molar-refractivity contribution in [3.63, 3.8) is 0 Å². The van der Waals surface area contributed by atoms with Gasteiger partial charge in [0.25, 0.3) is 5.69 Å². The Balaban J connectivity index is 2.28. The SMILES string of the molecule is Cc1ccc2nc(-c3cccc([N+](=O)[O-])c3)c(C#N)n2c1. The number of nitro benzene ring substituents is 1. The van der Waals surface area contributed by atoms with Crippen LogP contribution in [0.1, 0.15) is 11.3 Å². The average molecular weight is 278 g/mol. The van der Waals surface area contributed by atoms with Crippen molar-refractivity contribution in [1.29, 1.82) is 5.26 Å². The molecule has 0 aliphatic carbocycles. The average Bonchev–Trinajstić information content (AvgIpc) is 2.85. The lowest BCUT2D eigenvalue weighted by Crippen LogP contribution is -1.91. The Bertz CT molecular complexity index is 906. The fourth-order valence-electron chi connectivity index (χ4n) is 2.23. The van der Waals surface area contributed by atoms with E-state index in [-0.39, 0.29) is 5.69 Å². The third-order valence-electron chi connectivity index (χ3n) is 3.20. The van der Waals surface area contributed by atoms with Crippen LogP contribution in [0.15, 0.2) is 42.6 Å². The van der Waals surface area contributed by atoms with E-state index in [0.717, 1.165) is 5.56 Å². The van der Waals surface area contributed by atoms with Crippen LogP contribution in [-0.4, -0.2) is 14.3 Å². The first-order valence-corrected chi connectivity index (χ1v) is 6.24. The fourth-order valence-corrected chi connectivity index (χ4v) is 2.23. The zero-order valence-electron chi connectivity index (χ0n) is 11.1. The van der Waals surface area contributed by atoms with Gasteiger partial charge in [0.15, 0.2) is 5.69 Å². The Morgan fingerprint density at radius 1 is 1.33 bits per heavy atom. The number of non-ortho nitro benzene ring substituents is 1. The molecular formula is C15H10N4O2. The second-order valence-corrected chi connectivity index (χ2v) is 4.66. The highest BCUT2D eigenvalue weighted by atomic mass is 16.6. The molecule has 0 saturated heterocycles. The molecule has 3 rings (SSSR count). The highest BCUT2D eigenvalue weighted by molar-refractivity contribution is 5.71. The molecule has 0 saturated carbocycles. The van der Waals surface area contributed by atoms with E-state index >= 15 is 0 Å². The van der Waals surface area contributed by atoms with Gasteiger partial charge in [-0.1, -0.05) is 18.2 Å². The first-order chi connectivity index (χ1) is 10.1. The second kappa shape index (κ2) is 4.72. The van der Waals surface area contributed by atoms with Crippen LogP contribution in [0.4, 0.5) is 5.69 Å². The number of nitriles is 1. The summed E-state index contributed by atoms with van der Waals surface area (Å²) in [5.74, 6) is 0. The largest absolute Gasteiger partial charge is 0.290 e. The van der Waals surface area contributed by atoms with Gasteiger partial charge in [-0.3, -0.25) is 14.5 Å². The summed E-state index contributed by atoms with van der Waals surface area (Å²) < 4.78 is 1.70. The number of pyridine rings is 1. The van der Waals surface area contributed by atoms with E-state index in [0.29, 0.717) is 22.6 Å². The Labute approximate surface area is 120 Å². The maximum absolute atomic E-state index is 10.9. The smallest absolute Gasteiger partial charge is 0.270 e. The van der Waals surface area contributed by atoms with Gasteiger partial charge in [-0.2, -0.15) is 5.26 Å². The number of aromatic nitrogens is 2. The van der Waals surface area contributed by atoms with Crippen molar-refractivity contribution in [2.45, 2.75) is 6.92 Å². The predicted molar refractivity (Wildman–Crippen MR) is 76.7 cm³/mol. The molecule has 0 radical (unpaired) electrons. The van der Waals surface area contributed by atoms with Crippen LogP contribution < -0.4 is 0 Å². The van der Waals surface area contributed by atoms with Gasteiger partial charge in [-0.15, -0.1) is 0 Å². The molecule has 21 heavy (non-hydrogen) atoms. The van der Waals surface area contributed by atoms with Crippen LogP contribution in [0.2, 0.25) is 0 Å². The first kappa shape index (κ1) is 12.8. The highest BCUT2D eigenvalue weighted by Crippen LogP contribution is 2.27. The Kier molecular flexibility index (Phi) is 2.88. The van der Waals surface area contributed by atoms with Gasteiger partial charge in [-0.25, -0.2) is 4.98 Å². The van der Waals surface area contributed by atoms with Gasteiger partial charge < -0.3 is 0 Å². The molecule has 0 N–H and O–H groups in total. The summed E-state index contributed by atoms with van der Waals surface area (Å²) in [7, 11) is 0. The number of nitro groups is 1. The summed E-state index contributed by atoms with van der Waals surface area (Å²) >= 11 is 0. The second-order valence-electron chi connectivity index (χ2n) is 4.66. The minimum atomic E-state index is -0.463. The first-order valence-electron chi connectivity index (χ1n) is 6.24. The zero-order valence-corrected chi connectivity index (χ0v) is 11.1. The zero-order chi connectivity index (χ0) is 15.0. The van der Waals surface area contributed by atoms with E-state index in [1.807, 2.05) is 25.3 Å². The van der Waals surface area contributed by atoms with Crippen LogP contribution in [0, 0.1) is 28.4 Å². The van der Waals surface area contributed by atoms with Crippen molar-refractivity contribution in [1.82, 2.24) is 9.38 Å². The number of benzene rings is 1. The number of rotatable bonds is 2. The van der Waals surface area contributed by atoms with Crippen molar-refractivity contribution >= 4 is 11.3 Å². The van der Waals surface area contributed by atoms with Crippen LogP contribution in [0.3, 0.4) is 0 Å². The molecule has 0 fully saturated rings. The molecule has 1 aromatic carbocycles. The van der Waals surface area contributed by atoms with E-state index in [1.165, 1.54) is 12.1 Å². The van der Waals surface area contributed by atoms with Crippen molar-refractivity contribution in [2.24, 2.45) is 0 Å². The molecule has 0 atom stereocenters. The summed E-state index contributed by atoms with van der Waals surface area (Å²) in [5.41, 5.74) is 2.99. The lowest BCUT2D eigenvalue weighted by molar-refractivity contribution is -0.384. The fraction of sp³-hybridized carbons (Fsp3) is 0.0667. The third-order valence-corrected chi connectivity index (χ3v) is 3.20. The number of hydrogen-bond donors (Lipinski definition) is 0. The standard InChI is InChI=1S/C15H10N4O2/c1-10-5-6-14-17-15(13(8-16)18(14)9-10)11-3-2-4-12(7-11)19(20)21/h2-7,9H,1H3. The van der Waals surface area contributed by atoms with E-state index in [1.54, 1.807) is 16.5 Å². The summed E-state index contributed by atoms with van der Waals surface area (Å²) in [6, 6.07) is 12.0. The van der Waals surface area contributed by atoms with E-state index in [4.69, 9.17) is 0 Å².